The molecule has 36 heavy (non-hydrogen) atoms. The van der Waals surface area contributed by atoms with Crippen LogP contribution >= 0.6 is 23.2 Å². The van der Waals surface area contributed by atoms with Crippen molar-refractivity contribution in [3.8, 4) is 0 Å². The van der Waals surface area contributed by atoms with Gasteiger partial charge in [-0.15, -0.1) is 0 Å². The second-order valence-electron chi connectivity index (χ2n) is 8.59. The van der Waals surface area contributed by atoms with Gasteiger partial charge in [0.1, 0.15) is 21.7 Å². The molecule has 0 N–H and O–H groups in total. The van der Waals surface area contributed by atoms with Crippen molar-refractivity contribution >= 4 is 33.2 Å². The zero-order valence-corrected chi connectivity index (χ0v) is 22.1. The van der Waals surface area contributed by atoms with Gasteiger partial charge < -0.3 is 4.74 Å². The first-order chi connectivity index (χ1) is 17.1. The maximum Gasteiger partial charge on any atom is 0.248 e. The molecule has 3 aromatic rings. The lowest BCUT2D eigenvalue weighted by Crippen LogP contribution is -2.49. The monoisotopic (exact) mass is 558 g/mol. The Hall–Kier alpha value is -2.08. The molecule has 7 nitrogen and oxygen atoms in total. The number of benzene rings is 2. The minimum Gasteiger partial charge on any atom is -0.367 e. The van der Waals surface area contributed by atoms with Crippen LogP contribution in [0.2, 0.25) is 10.2 Å². The van der Waals surface area contributed by atoms with E-state index >= 15 is 0 Å². The number of ether oxygens (including phenoxy) is 1. The highest BCUT2D eigenvalue weighted by molar-refractivity contribution is 7.89. The van der Waals surface area contributed by atoms with E-state index < -0.39 is 27.8 Å². The fourth-order valence-electron chi connectivity index (χ4n) is 4.21. The molecule has 0 radical (unpaired) electrons. The van der Waals surface area contributed by atoms with E-state index in [0.29, 0.717) is 30.4 Å². The van der Waals surface area contributed by atoms with Crippen LogP contribution in [0.5, 0.6) is 0 Å². The average Bonchev–Trinajstić information content (AvgIpc) is 3.10. The second kappa shape index (κ2) is 11.1. The van der Waals surface area contributed by atoms with E-state index in [9.17, 15) is 17.2 Å². The van der Waals surface area contributed by atoms with Crippen molar-refractivity contribution in [2.75, 3.05) is 32.7 Å². The summed E-state index contributed by atoms with van der Waals surface area (Å²) in [6, 6.07) is 10.7. The Balaban J connectivity index is 1.46. The Morgan fingerprint density at radius 3 is 2.19 bits per heavy atom. The first-order valence-corrected chi connectivity index (χ1v) is 13.5. The molecule has 1 aromatic heterocycles. The van der Waals surface area contributed by atoms with Gasteiger partial charge in [0.15, 0.2) is 0 Å². The SMILES string of the molecule is Cc1nn(C)c(Cl)c1S(=O)(=O)N1CCN(C[C@H](OCc2c(F)cccc2F)c2ccc(Cl)cc2)CC1. The van der Waals surface area contributed by atoms with Gasteiger partial charge in [-0.05, 0) is 36.8 Å². The third-order valence-corrected chi connectivity index (χ3v) is 9.03. The van der Waals surface area contributed by atoms with E-state index in [-0.39, 0.29) is 35.3 Å². The minimum atomic E-state index is -3.81. The molecule has 1 saturated heterocycles. The molecule has 2 heterocycles. The highest BCUT2D eigenvalue weighted by Gasteiger charge is 2.34. The molecule has 1 atom stereocenters. The fraction of sp³-hybridized carbons (Fsp3) is 0.375. The summed E-state index contributed by atoms with van der Waals surface area (Å²) in [6.45, 7) is 3.15. The van der Waals surface area contributed by atoms with Crippen LogP contribution in [0.1, 0.15) is 22.9 Å². The lowest BCUT2D eigenvalue weighted by atomic mass is 10.1. The summed E-state index contributed by atoms with van der Waals surface area (Å²) >= 11 is 12.2. The number of rotatable bonds is 8. The molecule has 2 aromatic carbocycles. The van der Waals surface area contributed by atoms with Crippen molar-refractivity contribution in [1.29, 1.82) is 0 Å². The highest BCUT2D eigenvalue weighted by Crippen LogP contribution is 2.29. The lowest BCUT2D eigenvalue weighted by molar-refractivity contribution is 0.00547. The molecule has 194 valence electrons. The molecule has 0 unspecified atom stereocenters. The van der Waals surface area contributed by atoms with E-state index in [1.54, 1.807) is 38.2 Å². The molecule has 1 fully saturated rings. The summed E-state index contributed by atoms with van der Waals surface area (Å²) in [7, 11) is -2.21. The maximum absolute atomic E-state index is 14.1. The molecule has 0 saturated carbocycles. The highest BCUT2D eigenvalue weighted by atomic mass is 35.5. The quantitative estimate of drug-likeness (QED) is 0.405. The van der Waals surface area contributed by atoms with Crippen LogP contribution in [-0.2, 0) is 28.4 Å². The number of aromatic nitrogens is 2. The number of sulfonamides is 1. The Bertz CT molecular complexity index is 1310. The average molecular weight is 559 g/mol. The van der Waals surface area contributed by atoms with Crippen LogP contribution in [0, 0.1) is 18.6 Å². The van der Waals surface area contributed by atoms with Crippen molar-refractivity contribution in [2.45, 2.75) is 24.5 Å². The van der Waals surface area contributed by atoms with E-state index in [1.165, 1.54) is 27.2 Å². The molecule has 1 aliphatic heterocycles. The first-order valence-electron chi connectivity index (χ1n) is 11.3. The van der Waals surface area contributed by atoms with Crippen LogP contribution in [0.15, 0.2) is 47.4 Å². The molecule has 0 spiro atoms. The molecule has 0 amide bonds. The molecule has 4 rings (SSSR count). The number of piperazine rings is 1. The third-order valence-electron chi connectivity index (χ3n) is 6.19. The van der Waals surface area contributed by atoms with Crippen LogP contribution < -0.4 is 0 Å². The molecule has 1 aliphatic rings. The van der Waals surface area contributed by atoms with Crippen molar-refractivity contribution in [3.05, 3.63) is 81.1 Å². The number of hydrogen-bond acceptors (Lipinski definition) is 5. The van der Waals surface area contributed by atoms with Gasteiger partial charge >= 0.3 is 0 Å². The third kappa shape index (κ3) is 5.74. The number of hydrogen-bond donors (Lipinski definition) is 0. The second-order valence-corrected chi connectivity index (χ2v) is 11.3. The van der Waals surface area contributed by atoms with E-state index in [1.807, 2.05) is 0 Å². The fourth-order valence-corrected chi connectivity index (χ4v) is 6.46. The maximum atomic E-state index is 14.1. The smallest absolute Gasteiger partial charge is 0.248 e. The van der Waals surface area contributed by atoms with Gasteiger partial charge in [0.25, 0.3) is 0 Å². The van der Waals surface area contributed by atoms with Gasteiger partial charge in [-0.1, -0.05) is 41.4 Å². The Morgan fingerprint density at radius 1 is 1.03 bits per heavy atom. The number of halogens is 4. The van der Waals surface area contributed by atoms with Gasteiger partial charge in [0, 0.05) is 50.4 Å². The zero-order valence-electron chi connectivity index (χ0n) is 19.8. The molecule has 0 bridgehead atoms. The van der Waals surface area contributed by atoms with Crippen LogP contribution in [0.3, 0.4) is 0 Å². The normalized spacial score (nSPS) is 16.4. The molecule has 12 heteroatoms. The van der Waals surface area contributed by atoms with Crippen LogP contribution in [0.4, 0.5) is 8.78 Å². The van der Waals surface area contributed by atoms with Crippen molar-refractivity contribution in [1.82, 2.24) is 19.0 Å². The summed E-state index contributed by atoms with van der Waals surface area (Å²) < 4.78 is 63.4. The Morgan fingerprint density at radius 2 is 1.64 bits per heavy atom. The summed E-state index contributed by atoms with van der Waals surface area (Å²) in [5.41, 5.74) is 1.00. The van der Waals surface area contributed by atoms with Crippen molar-refractivity contribution in [3.63, 3.8) is 0 Å². The number of nitrogens with zero attached hydrogens (tertiary/aromatic N) is 4. The van der Waals surface area contributed by atoms with Gasteiger partial charge in [-0.2, -0.15) is 9.40 Å². The lowest BCUT2D eigenvalue weighted by Gasteiger charge is -2.35. The summed E-state index contributed by atoms with van der Waals surface area (Å²) in [4.78, 5) is 2.08. The predicted molar refractivity (Wildman–Crippen MR) is 133 cm³/mol. The van der Waals surface area contributed by atoms with E-state index in [4.69, 9.17) is 27.9 Å². The van der Waals surface area contributed by atoms with Gasteiger partial charge in [0.05, 0.1) is 18.4 Å². The van der Waals surface area contributed by atoms with E-state index in [2.05, 4.69) is 10.00 Å². The van der Waals surface area contributed by atoms with Gasteiger partial charge in [-0.25, -0.2) is 17.2 Å². The van der Waals surface area contributed by atoms with Gasteiger partial charge in [0.2, 0.25) is 10.0 Å². The van der Waals surface area contributed by atoms with E-state index in [0.717, 1.165) is 5.56 Å². The number of aryl methyl sites for hydroxylation is 2. The minimum absolute atomic E-state index is 0.0226. The summed E-state index contributed by atoms with van der Waals surface area (Å²) in [6.07, 6.45) is -0.514. The molecule has 0 aliphatic carbocycles. The summed E-state index contributed by atoms with van der Waals surface area (Å²) in [5.74, 6) is -1.35. The van der Waals surface area contributed by atoms with Crippen molar-refractivity contribution < 1.29 is 21.9 Å². The topological polar surface area (TPSA) is 67.7 Å². The summed E-state index contributed by atoms with van der Waals surface area (Å²) in [5, 5.41) is 4.74. The molecular formula is C24H26Cl2F2N4O3S. The predicted octanol–water partition coefficient (Wildman–Crippen LogP) is 4.58. The largest absolute Gasteiger partial charge is 0.367 e. The first kappa shape index (κ1) is 27.0. The zero-order chi connectivity index (χ0) is 26.0. The van der Waals surface area contributed by atoms with Gasteiger partial charge in [-0.3, -0.25) is 9.58 Å². The standard InChI is InChI=1S/C24H26Cl2F2N4O3S/c1-16-23(24(26)30(2)29-16)36(33,34)32-12-10-31(11-13-32)14-22(17-6-8-18(25)9-7-17)35-15-19-20(27)4-3-5-21(19)28/h3-9,22H,10-15H2,1-2H3/t22-/m0/s1. The van der Waals surface area contributed by atoms with Crippen molar-refractivity contribution in [2.24, 2.45) is 7.05 Å². The Labute approximate surface area is 219 Å². The van der Waals surface area contributed by atoms with Crippen LogP contribution in [0.25, 0.3) is 0 Å². The Kier molecular flexibility index (Phi) is 8.33. The van der Waals surface area contributed by atoms with Crippen LogP contribution in [-0.4, -0.2) is 60.1 Å². The molecular weight excluding hydrogens is 533 g/mol.